The zero-order chi connectivity index (χ0) is 14.3. The highest BCUT2D eigenvalue weighted by molar-refractivity contribution is 6.02. The van der Waals surface area contributed by atoms with Gasteiger partial charge in [-0.2, -0.15) is 0 Å². The largest absolute Gasteiger partial charge is 0.336 e. The topological polar surface area (TPSA) is 75.4 Å². The third-order valence-electron chi connectivity index (χ3n) is 4.24. The van der Waals surface area contributed by atoms with E-state index in [2.05, 4.69) is 12.2 Å². The van der Waals surface area contributed by atoms with Crippen LogP contribution in [0.15, 0.2) is 18.2 Å². The second kappa shape index (κ2) is 4.90. The summed E-state index contributed by atoms with van der Waals surface area (Å²) >= 11 is 0. The van der Waals surface area contributed by atoms with Gasteiger partial charge in [0.2, 0.25) is 5.91 Å². The number of fused-ring (bicyclic) bond motifs is 1. The van der Waals surface area contributed by atoms with Crippen LogP contribution in [-0.2, 0) is 11.2 Å². The Morgan fingerprint density at radius 2 is 2.30 bits per heavy atom. The average molecular weight is 273 g/mol. The molecule has 0 aromatic heterocycles. The second-order valence-electron chi connectivity index (χ2n) is 5.74. The number of amides is 2. The van der Waals surface area contributed by atoms with Crippen LogP contribution in [0, 0.1) is 5.92 Å². The van der Waals surface area contributed by atoms with E-state index in [4.69, 9.17) is 5.73 Å². The molecule has 2 amide bonds. The summed E-state index contributed by atoms with van der Waals surface area (Å²) in [6.45, 7) is 3.40. The molecule has 1 aromatic rings. The predicted molar refractivity (Wildman–Crippen MR) is 76.4 cm³/mol. The van der Waals surface area contributed by atoms with Crippen LogP contribution in [0.25, 0.3) is 0 Å². The molecule has 0 saturated carbocycles. The van der Waals surface area contributed by atoms with Gasteiger partial charge in [-0.15, -0.1) is 0 Å². The monoisotopic (exact) mass is 273 g/mol. The third-order valence-corrected chi connectivity index (χ3v) is 4.24. The minimum atomic E-state index is -0.0117. The maximum Gasteiger partial charge on any atom is 0.254 e. The van der Waals surface area contributed by atoms with Gasteiger partial charge < -0.3 is 16.0 Å². The van der Waals surface area contributed by atoms with E-state index in [0.717, 1.165) is 24.2 Å². The summed E-state index contributed by atoms with van der Waals surface area (Å²) in [6, 6.07) is 5.68. The van der Waals surface area contributed by atoms with Crippen molar-refractivity contribution in [3.63, 3.8) is 0 Å². The van der Waals surface area contributed by atoms with Gasteiger partial charge in [0.1, 0.15) is 0 Å². The summed E-state index contributed by atoms with van der Waals surface area (Å²) in [5, 5.41) is 2.78. The fourth-order valence-corrected chi connectivity index (χ4v) is 3.11. The molecule has 5 nitrogen and oxygen atoms in total. The Morgan fingerprint density at radius 3 is 3.00 bits per heavy atom. The van der Waals surface area contributed by atoms with E-state index in [-0.39, 0.29) is 17.9 Å². The SMILES string of the molecule is CC1CC(CN)CN1C(=O)c1ccc2c(c1)NC(=O)C2. The number of benzene rings is 1. The lowest BCUT2D eigenvalue weighted by atomic mass is 10.1. The minimum absolute atomic E-state index is 0.0117. The summed E-state index contributed by atoms with van der Waals surface area (Å²) in [7, 11) is 0. The van der Waals surface area contributed by atoms with Gasteiger partial charge in [0.15, 0.2) is 0 Å². The van der Waals surface area contributed by atoms with Crippen LogP contribution in [0.5, 0.6) is 0 Å². The molecule has 2 aliphatic rings. The molecule has 2 heterocycles. The van der Waals surface area contributed by atoms with E-state index in [1.165, 1.54) is 0 Å². The van der Waals surface area contributed by atoms with E-state index in [1.54, 1.807) is 6.07 Å². The Morgan fingerprint density at radius 1 is 1.50 bits per heavy atom. The van der Waals surface area contributed by atoms with E-state index in [1.807, 2.05) is 17.0 Å². The van der Waals surface area contributed by atoms with E-state index >= 15 is 0 Å². The van der Waals surface area contributed by atoms with E-state index < -0.39 is 0 Å². The summed E-state index contributed by atoms with van der Waals surface area (Å²) in [5.74, 6) is 0.405. The molecule has 3 N–H and O–H groups in total. The lowest BCUT2D eigenvalue weighted by Gasteiger charge is -2.21. The second-order valence-corrected chi connectivity index (χ2v) is 5.74. The van der Waals surface area contributed by atoms with E-state index in [0.29, 0.717) is 24.4 Å². The number of hydrogen-bond acceptors (Lipinski definition) is 3. The molecule has 1 fully saturated rings. The van der Waals surface area contributed by atoms with Gasteiger partial charge in [0.05, 0.1) is 6.42 Å². The van der Waals surface area contributed by atoms with Crippen molar-refractivity contribution in [1.29, 1.82) is 0 Å². The quantitative estimate of drug-likeness (QED) is 0.843. The maximum absolute atomic E-state index is 12.6. The van der Waals surface area contributed by atoms with Crippen molar-refractivity contribution in [3.8, 4) is 0 Å². The van der Waals surface area contributed by atoms with Crippen molar-refractivity contribution in [1.82, 2.24) is 4.90 Å². The van der Waals surface area contributed by atoms with Crippen molar-refractivity contribution in [2.45, 2.75) is 25.8 Å². The van der Waals surface area contributed by atoms with Crippen LogP contribution >= 0.6 is 0 Å². The first-order valence-corrected chi connectivity index (χ1v) is 7.02. The first-order chi connectivity index (χ1) is 9.58. The molecule has 20 heavy (non-hydrogen) atoms. The Hall–Kier alpha value is -1.88. The van der Waals surface area contributed by atoms with Crippen molar-refractivity contribution in [3.05, 3.63) is 29.3 Å². The molecular formula is C15H19N3O2. The smallest absolute Gasteiger partial charge is 0.254 e. The molecular weight excluding hydrogens is 254 g/mol. The molecule has 2 aliphatic heterocycles. The van der Waals surface area contributed by atoms with Gasteiger partial charge in [-0.05, 0) is 43.5 Å². The highest BCUT2D eigenvalue weighted by atomic mass is 16.2. The van der Waals surface area contributed by atoms with Crippen LogP contribution in [0.2, 0.25) is 0 Å². The molecule has 3 rings (SSSR count). The zero-order valence-electron chi connectivity index (χ0n) is 11.6. The fraction of sp³-hybridized carbons (Fsp3) is 0.467. The number of carbonyl (C=O) groups is 2. The molecule has 5 heteroatoms. The number of nitrogens with one attached hydrogen (secondary N) is 1. The molecule has 0 spiro atoms. The van der Waals surface area contributed by atoms with Crippen molar-refractivity contribution < 1.29 is 9.59 Å². The van der Waals surface area contributed by atoms with Gasteiger partial charge in [0, 0.05) is 23.8 Å². The summed E-state index contributed by atoms with van der Waals surface area (Å²) in [5.41, 5.74) is 8.06. The Balaban J connectivity index is 1.82. The maximum atomic E-state index is 12.6. The molecule has 0 aliphatic carbocycles. The minimum Gasteiger partial charge on any atom is -0.336 e. The number of hydrogen-bond donors (Lipinski definition) is 2. The number of nitrogens with two attached hydrogens (primary N) is 1. The molecule has 0 bridgehead atoms. The average Bonchev–Trinajstić information content (AvgIpc) is 2.98. The van der Waals surface area contributed by atoms with E-state index in [9.17, 15) is 9.59 Å². The van der Waals surface area contributed by atoms with Gasteiger partial charge in [-0.1, -0.05) is 6.07 Å². The van der Waals surface area contributed by atoms with Crippen LogP contribution < -0.4 is 11.1 Å². The molecule has 0 radical (unpaired) electrons. The Bertz CT molecular complexity index is 570. The Kier molecular flexibility index (Phi) is 3.22. The predicted octanol–water partition coefficient (Wildman–Crippen LogP) is 0.990. The summed E-state index contributed by atoms with van der Waals surface area (Å²) in [4.78, 5) is 25.8. The first kappa shape index (κ1) is 13.1. The number of carbonyl (C=O) groups excluding carboxylic acids is 2. The number of likely N-dealkylation sites (tertiary alicyclic amines) is 1. The Labute approximate surface area is 118 Å². The first-order valence-electron chi connectivity index (χ1n) is 7.02. The van der Waals surface area contributed by atoms with Crippen molar-refractivity contribution in [2.75, 3.05) is 18.4 Å². The highest BCUT2D eigenvalue weighted by Crippen LogP contribution is 2.28. The number of nitrogens with zero attached hydrogens (tertiary/aromatic N) is 1. The third kappa shape index (κ3) is 2.18. The van der Waals surface area contributed by atoms with Crippen LogP contribution in [-0.4, -0.2) is 35.8 Å². The number of anilines is 1. The van der Waals surface area contributed by atoms with Gasteiger partial charge in [0.25, 0.3) is 5.91 Å². The van der Waals surface area contributed by atoms with Gasteiger partial charge in [-0.25, -0.2) is 0 Å². The molecule has 2 atom stereocenters. The van der Waals surface area contributed by atoms with Crippen LogP contribution in [0.3, 0.4) is 0 Å². The lowest BCUT2D eigenvalue weighted by Crippen LogP contribution is -2.34. The van der Waals surface area contributed by atoms with Crippen LogP contribution in [0.1, 0.15) is 29.3 Å². The van der Waals surface area contributed by atoms with Crippen molar-refractivity contribution in [2.24, 2.45) is 11.7 Å². The molecule has 2 unspecified atom stereocenters. The summed E-state index contributed by atoms with van der Waals surface area (Å²) < 4.78 is 0. The van der Waals surface area contributed by atoms with Gasteiger partial charge in [-0.3, -0.25) is 9.59 Å². The number of rotatable bonds is 2. The highest BCUT2D eigenvalue weighted by Gasteiger charge is 2.32. The molecule has 1 saturated heterocycles. The molecule has 1 aromatic carbocycles. The fourth-order valence-electron chi connectivity index (χ4n) is 3.11. The van der Waals surface area contributed by atoms with Crippen molar-refractivity contribution >= 4 is 17.5 Å². The summed E-state index contributed by atoms with van der Waals surface area (Å²) in [6.07, 6.45) is 1.36. The molecule has 106 valence electrons. The standard InChI is InChI=1S/C15H19N3O2/c1-9-4-10(7-16)8-18(9)15(20)12-3-2-11-6-14(19)17-13(11)5-12/h2-3,5,9-10H,4,6-8,16H2,1H3,(H,17,19). The zero-order valence-corrected chi connectivity index (χ0v) is 11.6. The lowest BCUT2D eigenvalue weighted by molar-refractivity contribution is -0.115. The van der Waals surface area contributed by atoms with Gasteiger partial charge >= 0.3 is 0 Å². The van der Waals surface area contributed by atoms with Crippen LogP contribution in [0.4, 0.5) is 5.69 Å². The normalized spacial score (nSPS) is 24.7.